The minimum Gasteiger partial charge on any atom is -0.700 e. The zero-order valence-corrected chi connectivity index (χ0v) is 91.5. The third kappa shape index (κ3) is 54.1. The fourth-order valence-corrected chi connectivity index (χ4v) is 17.8. The Morgan fingerprint density at radius 1 is 0.182 bits per heavy atom. The topological polar surface area (TPSA) is 227 Å². The minimum atomic E-state index is -0.0106. The predicted octanol–water partition coefficient (Wildman–Crippen LogP) is 36.4. The van der Waals surface area contributed by atoms with E-state index < -0.39 is 0 Å². The van der Waals surface area contributed by atoms with Crippen molar-refractivity contribution < 1.29 is 101 Å². The van der Waals surface area contributed by atoms with E-state index in [0.717, 1.165) is 38.5 Å². The summed E-state index contributed by atoms with van der Waals surface area (Å²) in [6.45, 7) is 36.1. The molecule has 0 atom stereocenters. The standard InChI is InChI=1S/2C24H24N6.6C8H11P.2C6H14.6Co/c2*25-19-7-1-4-10-22(19)28-16-13-17(29-23-11-5-2-8-20(23)26)15-18(14-16)30-24-12-6-3-9-21(24)27;6*1-9(2)8-6-4-3-5-7-8;2*1-3-5-6-4-2;;;;;;/h2*1-12,16-18,25-27H,13-15H2;6*3-7H,1-2H3;2*3-6H2,1-2H3;;;;;;/q2*-6;;;;;;;;;6*+2. The Hall–Kier alpha value is -6.14. The molecule has 0 aliphatic heterocycles. The number of rotatable bonds is 24. The molecule has 12 nitrogen and oxygen atoms in total. The Bertz CT molecular complexity index is 3980. The van der Waals surface area contributed by atoms with Crippen molar-refractivity contribution in [2.24, 2.45) is 0 Å². The summed E-state index contributed by atoms with van der Waals surface area (Å²) in [6.07, 6.45) is 15.6. The first-order valence-corrected chi connectivity index (χ1v) is 57.7. The second-order valence-electron chi connectivity index (χ2n) is 32.0. The molecule has 0 aromatic heterocycles. The SMILES string of the molecule is CCCCCC.CCCCCC.CP(C)c1ccccc1.CP(C)c1ccccc1.CP(C)c1ccccc1.CP(C)c1ccccc1.CP(C)c1ccccc1.CP(C)c1ccccc1.[Co+2].[Co+2].[Co+2].[Co+2].[Co+2].[Co+2].[NH-]c1ccccc1[N-]C1CC([N-]c2ccccc2[NH-])CC([N-]c2ccccc2[NH-])C1.[NH-]c1ccccc1[N-]C1CC([N-]c2ccccc2[NH-])CC([N-]c2ccccc2[NH-])C1. The van der Waals surface area contributed by atoms with Crippen LogP contribution in [0.2, 0.25) is 0 Å². The average molecular weight is 2150 g/mol. The summed E-state index contributed by atoms with van der Waals surface area (Å²) in [7, 11) is 0.627. The number of hydrogen-bond donors (Lipinski definition) is 0. The van der Waals surface area contributed by atoms with Gasteiger partial charge in [-0.25, -0.2) is 0 Å². The maximum atomic E-state index is 8.11. The Balaban J connectivity index is 0. The second-order valence-corrected chi connectivity index (χ2v) is 45.8. The van der Waals surface area contributed by atoms with Gasteiger partial charge in [-0.1, -0.05) is 493 Å². The van der Waals surface area contributed by atoms with Gasteiger partial charge in [0.1, 0.15) is 0 Å². The first-order chi connectivity index (χ1) is 60.8. The van der Waals surface area contributed by atoms with Crippen LogP contribution in [0.25, 0.3) is 66.3 Å². The van der Waals surface area contributed by atoms with Gasteiger partial charge in [0.05, 0.1) is 0 Å². The van der Waals surface area contributed by atoms with E-state index in [1.165, 1.54) is 83.2 Å². The van der Waals surface area contributed by atoms with Crippen molar-refractivity contribution in [1.29, 1.82) is 0 Å². The van der Waals surface area contributed by atoms with Gasteiger partial charge in [0.25, 0.3) is 0 Å². The quantitative estimate of drug-likeness (QED) is 0.0406. The maximum absolute atomic E-state index is 8.11. The van der Waals surface area contributed by atoms with Gasteiger partial charge < -0.3 is 66.3 Å². The first-order valence-electron chi connectivity index (χ1n) is 44.3. The summed E-state index contributed by atoms with van der Waals surface area (Å²) in [5.74, 6) is 0. The monoisotopic (exact) mass is 2150 g/mol. The molecule has 2 fully saturated rings. The van der Waals surface area contributed by atoms with Gasteiger partial charge in [0.15, 0.2) is 0 Å². The minimum absolute atomic E-state index is 0. The molecule has 12 aromatic carbocycles. The normalized spacial score (nSPS) is 14.5. The van der Waals surface area contributed by atoms with E-state index >= 15 is 0 Å². The molecule has 2 aliphatic carbocycles. The van der Waals surface area contributed by atoms with Crippen LogP contribution in [0.15, 0.2) is 328 Å². The van der Waals surface area contributed by atoms with E-state index in [1.54, 1.807) is 36.4 Å². The molecular formula is C108H142Co6N12P6. The first kappa shape index (κ1) is 128. The molecule has 6 radical (unpaired) electrons. The molecule has 132 heavy (non-hydrogen) atoms. The molecule has 718 valence electrons. The molecule has 0 saturated heterocycles. The van der Waals surface area contributed by atoms with Gasteiger partial charge in [-0.05, 0) is 112 Å². The van der Waals surface area contributed by atoms with Crippen molar-refractivity contribution in [3.63, 3.8) is 0 Å². The zero-order valence-electron chi connectivity index (χ0n) is 79.9. The number of unbranched alkanes of at least 4 members (excludes halogenated alkanes) is 6. The van der Waals surface area contributed by atoms with Gasteiger partial charge >= 0.3 is 101 Å². The predicted molar refractivity (Wildman–Crippen MR) is 580 cm³/mol. The van der Waals surface area contributed by atoms with E-state index in [-0.39, 0.29) is 184 Å². The van der Waals surface area contributed by atoms with Crippen LogP contribution in [0.4, 0.5) is 68.2 Å². The summed E-state index contributed by atoms with van der Waals surface area (Å²) in [6, 6.07) is 108. The van der Waals surface area contributed by atoms with Crippen LogP contribution in [0.5, 0.6) is 0 Å². The summed E-state index contributed by atoms with van der Waals surface area (Å²) in [4.78, 5) is 0. The van der Waals surface area contributed by atoms with Crippen LogP contribution >= 0.6 is 47.5 Å². The molecule has 0 bridgehead atoms. The molecule has 0 heterocycles. The maximum Gasteiger partial charge on any atom is 2.00 e. The van der Waals surface area contributed by atoms with Crippen LogP contribution in [0.3, 0.4) is 0 Å². The third-order valence-electron chi connectivity index (χ3n) is 20.2. The third-order valence-corrected chi connectivity index (χ3v) is 28.2. The van der Waals surface area contributed by atoms with Gasteiger partial charge in [-0.3, -0.25) is 0 Å². The number of hydrogen-bond acceptors (Lipinski definition) is 0. The molecule has 0 spiro atoms. The van der Waals surface area contributed by atoms with E-state index in [0.29, 0.717) is 68.2 Å². The Morgan fingerprint density at radius 2 is 0.288 bits per heavy atom. The van der Waals surface area contributed by atoms with E-state index in [9.17, 15) is 0 Å². The van der Waals surface area contributed by atoms with Crippen molar-refractivity contribution in [2.75, 3.05) is 80.0 Å². The van der Waals surface area contributed by atoms with Crippen molar-refractivity contribution in [3.8, 4) is 0 Å². The van der Waals surface area contributed by atoms with E-state index in [2.05, 4.69) is 290 Å². The average Bonchev–Trinajstić information content (AvgIpc) is 0.828. The van der Waals surface area contributed by atoms with Crippen molar-refractivity contribution >= 4 is 148 Å². The van der Waals surface area contributed by atoms with Gasteiger partial charge in [0.2, 0.25) is 0 Å². The summed E-state index contributed by atoms with van der Waals surface area (Å²) in [5, 5.41) is 37.9. The number of nitrogens with zero attached hydrogens (tertiary/aromatic N) is 6. The summed E-state index contributed by atoms with van der Waals surface area (Å²) >= 11 is 0. The molecule has 6 N–H and O–H groups in total. The Kier molecular flexibility index (Phi) is 74.5. The fraction of sp³-hybridized carbons (Fsp3) is 0.333. The summed E-state index contributed by atoms with van der Waals surface area (Å²) < 4.78 is 0. The second kappa shape index (κ2) is 76.9. The molecule has 0 unspecified atom stereocenters. The fourth-order valence-electron chi connectivity index (χ4n) is 13.1. The molecule has 0 amide bonds. The number of benzene rings is 12. The molecule has 2 saturated carbocycles. The van der Waals surface area contributed by atoms with Crippen LogP contribution in [0.1, 0.15) is 118 Å². The Morgan fingerprint density at radius 3 is 0.379 bits per heavy atom. The molecule has 24 heteroatoms. The van der Waals surface area contributed by atoms with Gasteiger partial charge in [-0.2, -0.15) is 68.2 Å². The van der Waals surface area contributed by atoms with Crippen LogP contribution in [0, 0.1) is 0 Å². The number of para-hydroxylation sites is 6. The molecular weight excluding hydrogens is 2000 g/mol. The largest absolute Gasteiger partial charge is 2.00 e. The molecule has 14 rings (SSSR count). The zero-order chi connectivity index (χ0) is 91.6. The summed E-state index contributed by atoms with van der Waals surface area (Å²) in [5.41, 5.74) is 55.3. The molecule has 12 aromatic rings. The van der Waals surface area contributed by atoms with Crippen molar-refractivity contribution in [1.82, 2.24) is 0 Å². The van der Waals surface area contributed by atoms with Crippen molar-refractivity contribution in [2.45, 2.75) is 154 Å². The van der Waals surface area contributed by atoms with Crippen LogP contribution < -0.4 is 31.8 Å². The van der Waals surface area contributed by atoms with Gasteiger partial charge in [-0.15, -0.1) is 36.3 Å². The number of nitrogens with one attached hydrogen (secondary N) is 6. The van der Waals surface area contributed by atoms with Crippen molar-refractivity contribution in [3.05, 3.63) is 394 Å². The van der Waals surface area contributed by atoms with E-state index in [1.807, 2.05) is 109 Å². The van der Waals surface area contributed by atoms with Crippen LogP contribution in [-0.4, -0.2) is 116 Å². The smallest absolute Gasteiger partial charge is 0.700 e. The van der Waals surface area contributed by atoms with Gasteiger partial charge in [0, 0.05) is 0 Å². The van der Waals surface area contributed by atoms with Crippen LogP contribution in [-0.2, 0) is 101 Å². The van der Waals surface area contributed by atoms with E-state index in [4.69, 9.17) is 66.3 Å². The Labute approximate surface area is 867 Å². The molecule has 2 aliphatic rings.